The zero-order chi connectivity index (χ0) is 16.5. The molecule has 0 bridgehead atoms. The summed E-state index contributed by atoms with van der Waals surface area (Å²) in [5.41, 5.74) is 3.27. The third-order valence-corrected chi connectivity index (χ3v) is 6.76. The molecule has 0 N–H and O–H groups in total. The van der Waals surface area contributed by atoms with Crippen molar-refractivity contribution in [1.82, 2.24) is 9.97 Å². The standard InChI is InChI=1S/C19H17N3S2/c1-12-6-7-15-16(8-12)24-19-17(15)18(21-11-22-19)23-10-14-5-3-2-4-13(14)9-20/h2-5,11-12H,6-8,10H2,1H3. The van der Waals surface area contributed by atoms with Gasteiger partial charge in [0, 0.05) is 16.0 Å². The molecule has 0 saturated heterocycles. The van der Waals surface area contributed by atoms with Gasteiger partial charge in [0.25, 0.3) is 0 Å². The molecule has 1 aliphatic carbocycles. The summed E-state index contributed by atoms with van der Waals surface area (Å²) in [5, 5.41) is 11.6. The Morgan fingerprint density at radius 2 is 2.21 bits per heavy atom. The summed E-state index contributed by atoms with van der Waals surface area (Å²) < 4.78 is 0. The van der Waals surface area contributed by atoms with Crippen molar-refractivity contribution in [3.63, 3.8) is 0 Å². The summed E-state index contributed by atoms with van der Waals surface area (Å²) >= 11 is 3.55. The topological polar surface area (TPSA) is 49.6 Å². The molecule has 2 heterocycles. The number of nitriles is 1. The lowest BCUT2D eigenvalue weighted by molar-refractivity contribution is 0.509. The van der Waals surface area contributed by atoms with Gasteiger partial charge in [-0.1, -0.05) is 25.1 Å². The molecule has 5 heteroatoms. The normalized spacial score (nSPS) is 16.8. The highest BCUT2D eigenvalue weighted by Gasteiger charge is 2.23. The molecule has 0 spiro atoms. The van der Waals surface area contributed by atoms with E-state index in [1.54, 1.807) is 18.1 Å². The lowest BCUT2D eigenvalue weighted by Gasteiger charge is -2.18. The van der Waals surface area contributed by atoms with E-state index in [2.05, 4.69) is 23.0 Å². The average Bonchev–Trinajstić information content (AvgIpc) is 2.98. The maximum Gasteiger partial charge on any atom is 0.128 e. The Morgan fingerprint density at radius 1 is 1.33 bits per heavy atom. The Morgan fingerprint density at radius 3 is 3.08 bits per heavy atom. The molecule has 0 saturated carbocycles. The van der Waals surface area contributed by atoms with Crippen molar-refractivity contribution in [3.8, 4) is 6.07 Å². The molecular formula is C19H17N3S2. The first-order valence-corrected chi connectivity index (χ1v) is 9.92. The van der Waals surface area contributed by atoms with Gasteiger partial charge in [0.15, 0.2) is 0 Å². The van der Waals surface area contributed by atoms with Gasteiger partial charge in [0.2, 0.25) is 0 Å². The monoisotopic (exact) mass is 351 g/mol. The molecule has 0 fully saturated rings. The van der Waals surface area contributed by atoms with E-state index in [4.69, 9.17) is 0 Å². The zero-order valence-corrected chi connectivity index (χ0v) is 15.1. The highest BCUT2D eigenvalue weighted by Crippen LogP contribution is 2.41. The number of benzene rings is 1. The van der Waals surface area contributed by atoms with Crippen LogP contribution in [0.4, 0.5) is 0 Å². The summed E-state index contributed by atoms with van der Waals surface area (Å²) in [4.78, 5) is 11.7. The minimum Gasteiger partial charge on any atom is -0.229 e. The maximum atomic E-state index is 9.25. The van der Waals surface area contributed by atoms with Crippen molar-refractivity contribution >= 4 is 33.3 Å². The van der Waals surface area contributed by atoms with Crippen molar-refractivity contribution in [3.05, 3.63) is 52.2 Å². The van der Waals surface area contributed by atoms with E-state index in [1.807, 2.05) is 35.6 Å². The van der Waals surface area contributed by atoms with Crippen molar-refractivity contribution in [2.45, 2.75) is 37.0 Å². The molecule has 2 aromatic heterocycles. The molecule has 1 aromatic carbocycles. The fraction of sp³-hybridized carbons (Fsp3) is 0.316. The molecule has 0 aliphatic heterocycles. The lowest BCUT2D eigenvalue weighted by Crippen LogP contribution is -2.08. The second-order valence-corrected chi connectivity index (χ2v) is 8.32. The van der Waals surface area contributed by atoms with Crippen LogP contribution >= 0.6 is 23.1 Å². The van der Waals surface area contributed by atoms with Gasteiger partial charge >= 0.3 is 0 Å². The van der Waals surface area contributed by atoms with Crippen LogP contribution in [0.15, 0.2) is 35.6 Å². The molecular weight excluding hydrogens is 334 g/mol. The Balaban J connectivity index is 1.69. The molecule has 4 rings (SSSR count). The number of aromatic nitrogens is 2. The number of thioether (sulfide) groups is 1. The van der Waals surface area contributed by atoms with Crippen LogP contribution in [0.5, 0.6) is 0 Å². The van der Waals surface area contributed by atoms with Crippen LogP contribution in [0.3, 0.4) is 0 Å². The number of aryl methyl sites for hydroxylation is 1. The van der Waals surface area contributed by atoms with Crippen LogP contribution in [0.25, 0.3) is 10.2 Å². The van der Waals surface area contributed by atoms with Gasteiger partial charge < -0.3 is 0 Å². The third-order valence-electron chi connectivity index (χ3n) is 4.56. The van der Waals surface area contributed by atoms with Gasteiger partial charge in [-0.3, -0.25) is 0 Å². The van der Waals surface area contributed by atoms with E-state index >= 15 is 0 Å². The predicted molar refractivity (Wildman–Crippen MR) is 99.3 cm³/mol. The van der Waals surface area contributed by atoms with Gasteiger partial charge in [0.1, 0.15) is 16.2 Å². The molecule has 120 valence electrons. The van der Waals surface area contributed by atoms with Crippen LogP contribution in [-0.2, 0) is 18.6 Å². The molecule has 0 amide bonds. The Bertz CT molecular complexity index is 939. The molecule has 24 heavy (non-hydrogen) atoms. The van der Waals surface area contributed by atoms with E-state index in [0.29, 0.717) is 0 Å². The Hall–Kier alpha value is -1.90. The van der Waals surface area contributed by atoms with Gasteiger partial charge in [-0.25, -0.2) is 9.97 Å². The predicted octanol–water partition coefficient (Wildman–Crippen LogP) is 4.98. The van der Waals surface area contributed by atoms with Crippen molar-refractivity contribution in [2.75, 3.05) is 0 Å². The number of thiophene rings is 1. The SMILES string of the molecule is CC1CCc2c(sc3ncnc(SCc4ccccc4C#N)c23)C1. The van der Waals surface area contributed by atoms with Crippen LogP contribution < -0.4 is 0 Å². The van der Waals surface area contributed by atoms with E-state index in [1.165, 1.54) is 22.2 Å². The van der Waals surface area contributed by atoms with Crippen LogP contribution in [0.2, 0.25) is 0 Å². The maximum absolute atomic E-state index is 9.25. The average molecular weight is 352 g/mol. The minimum absolute atomic E-state index is 0.747. The first-order chi connectivity index (χ1) is 11.8. The summed E-state index contributed by atoms with van der Waals surface area (Å²) in [7, 11) is 0. The van der Waals surface area contributed by atoms with E-state index < -0.39 is 0 Å². The molecule has 3 nitrogen and oxygen atoms in total. The summed E-state index contributed by atoms with van der Waals surface area (Å²) in [6.45, 7) is 2.33. The first-order valence-electron chi connectivity index (χ1n) is 8.12. The van der Waals surface area contributed by atoms with Crippen molar-refractivity contribution in [2.24, 2.45) is 5.92 Å². The number of nitrogens with zero attached hydrogens (tertiary/aromatic N) is 3. The lowest BCUT2D eigenvalue weighted by atomic mass is 9.89. The van der Waals surface area contributed by atoms with Crippen molar-refractivity contribution in [1.29, 1.82) is 5.26 Å². The third kappa shape index (κ3) is 2.81. The van der Waals surface area contributed by atoms with Gasteiger partial charge in [-0.2, -0.15) is 5.26 Å². The highest BCUT2D eigenvalue weighted by molar-refractivity contribution is 7.98. The largest absolute Gasteiger partial charge is 0.229 e. The Kier molecular flexibility index (Phi) is 4.26. The Labute approximate surface area is 149 Å². The first kappa shape index (κ1) is 15.6. The van der Waals surface area contributed by atoms with Crippen LogP contribution in [0.1, 0.15) is 34.9 Å². The molecule has 1 aliphatic rings. The number of hydrogen-bond acceptors (Lipinski definition) is 5. The molecule has 1 atom stereocenters. The van der Waals surface area contributed by atoms with Crippen LogP contribution in [0, 0.1) is 17.2 Å². The van der Waals surface area contributed by atoms with Crippen LogP contribution in [-0.4, -0.2) is 9.97 Å². The smallest absolute Gasteiger partial charge is 0.128 e. The molecule has 1 unspecified atom stereocenters. The van der Waals surface area contributed by atoms with Gasteiger partial charge in [-0.15, -0.1) is 23.1 Å². The van der Waals surface area contributed by atoms with Gasteiger partial charge in [0.05, 0.1) is 11.6 Å². The molecule has 3 aromatic rings. The summed E-state index contributed by atoms with van der Waals surface area (Å²) in [6, 6.07) is 10.1. The number of fused-ring (bicyclic) bond motifs is 3. The van der Waals surface area contributed by atoms with E-state index in [9.17, 15) is 5.26 Å². The van der Waals surface area contributed by atoms with E-state index in [-0.39, 0.29) is 0 Å². The van der Waals surface area contributed by atoms with E-state index in [0.717, 1.165) is 45.5 Å². The fourth-order valence-electron chi connectivity index (χ4n) is 3.26. The fourth-order valence-corrected chi connectivity index (χ4v) is 5.70. The second kappa shape index (κ2) is 6.54. The molecule has 0 radical (unpaired) electrons. The van der Waals surface area contributed by atoms with Crippen molar-refractivity contribution < 1.29 is 0 Å². The highest BCUT2D eigenvalue weighted by atomic mass is 32.2. The summed E-state index contributed by atoms with van der Waals surface area (Å²) in [6.07, 6.45) is 5.21. The zero-order valence-electron chi connectivity index (χ0n) is 13.5. The summed E-state index contributed by atoms with van der Waals surface area (Å²) in [5.74, 6) is 1.52. The van der Waals surface area contributed by atoms with Gasteiger partial charge in [-0.05, 0) is 42.4 Å². The quantitative estimate of drug-likeness (QED) is 0.493. The minimum atomic E-state index is 0.747. The second-order valence-electron chi connectivity index (χ2n) is 6.27. The number of hydrogen-bond donors (Lipinski definition) is 0. The number of rotatable bonds is 3.